The number of ether oxygens (including phenoxy) is 1. The summed E-state index contributed by atoms with van der Waals surface area (Å²) in [6.07, 6.45) is 0. The van der Waals surface area contributed by atoms with Crippen molar-refractivity contribution in [3.8, 4) is 17.0 Å². The number of hydrogen-bond acceptors (Lipinski definition) is 2. The Morgan fingerprint density at radius 3 is 2.62 bits per heavy atom. The minimum Gasteiger partial charge on any atom is -0.494 e. The number of rotatable bonds is 4. The zero-order valence-electron chi connectivity index (χ0n) is 12.4. The molecule has 0 aliphatic carbocycles. The Morgan fingerprint density at radius 2 is 2.05 bits per heavy atom. The third-order valence-corrected chi connectivity index (χ3v) is 3.76. The van der Waals surface area contributed by atoms with Gasteiger partial charge in [0.15, 0.2) is 5.56 Å². The molecule has 0 bridgehead atoms. The van der Waals surface area contributed by atoms with Gasteiger partial charge in [-0.3, -0.25) is 4.79 Å². The number of benzene rings is 1. The number of halogens is 1. The van der Waals surface area contributed by atoms with Crippen LogP contribution in [0.15, 0.2) is 33.5 Å². The molecule has 3 nitrogen and oxygen atoms in total. The Kier molecular flexibility index (Phi) is 7.31. The van der Waals surface area contributed by atoms with Gasteiger partial charge in [-0.25, -0.2) is 0 Å². The van der Waals surface area contributed by atoms with Crippen molar-refractivity contribution in [3.05, 3.63) is 50.7 Å². The first kappa shape index (κ1) is 18.6. The summed E-state index contributed by atoms with van der Waals surface area (Å²) in [6.45, 7) is 6.96. The number of aromatic nitrogens is 1. The summed E-state index contributed by atoms with van der Waals surface area (Å²) in [7, 11) is 0. The van der Waals surface area contributed by atoms with Gasteiger partial charge in [0.25, 0.3) is 0 Å². The van der Waals surface area contributed by atoms with Gasteiger partial charge in [0, 0.05) is 39.3 Å². The van der Waals surface area contributed by atoms with Gasteiger partial charge in [0.1, 0.15) is 5.75 Å². The predicted octanol–water partition coefficient (Wildman–Crippen LogP) is 3.80. The van der Waals surface area contributed by atoms with E-state index < -0.39 is 0 Å². The molecule has 0 unspecified atom stereocenters. The van der Waals surface area contributed by atoms with Crippen LogP contribution in [0.25, 0.3) is 11.3 Å². The average molecular weight is 424 g/mol. The van der Waals surface area contributed by atoms with E-state index in [1.54, 1.807) is 10.6 Å². The average Bonchev–Trinajstić information content (AvgIpc) is 2.43. The molecule has 0 aliphatic heterocycles. The molecule has 0 fully saturated rings. The molecule has 2 aromatic rings. The molecule has 109 valence electrons. The van der Waals surface area contributed by atoms with E-state index in [0.717, 1.165) is 21.5 Å². The largest absolute Gasteiger partial charge is 0.494 e. The van der Waals surface area contributed by atoms with Crippen LogP contribution in [0.5, 0.6) is 5.75 Å². The normalized spacial score (nSPS) is 10.1. The second-order valence-corrected chi connectivity index (χ2v) is 5.30. The van der Waals surface area contributed by atoms with Crippen molar-refractivity contribution in [2.45, 2.75) is 27.3 Å². The van der Waals surface area contributed by atoms with E-state index in [4.69, 9.17) is 4.74 Å². The third-order valence-electron chi connectivity index (χ3n) is 3.10. The van der Waals surface area contributed by atoms with Gasteiger partial charge in [-0.15, -0.1) is 6.07 Å². The summed E-state index contributed by atoms with van der Waals surface area (Å²) < 4.78 is 8.09. The Hall–Kier alpha value is -0.446. The third kappa shape index (κ3) is 4.05. The maximum Gasteiger partial charge on any atom is 0.197 e. The molecule has 1 aromatic carbocycles. The smallest absolute Gasteiger partial charge is 0.197 e. The fraction of sp³-hybridized carbons (Fsp3) is 0.312. The van der Waals surface area contributed by atoms with Crippen molar-refractivity contribution in [1.82, 2.24) is 4.57 Å². The van der Waals surface area contributed by atoms with E-state index in [9.17, 15) is 4.79 Å². The van der Waals surface area contributed by atoms with Gasteiger partial charge in [-0.05, 0) is 30.5 Å². The molecule has 0 amide bonds. The Bertz CT molecular complexity index is 682. The van der Waals surface area contributed by atoms with Gasteiger partial charge in [-0.2, -0.15) is 12.1 Å². The number of nitrogens with zero attached hydrogens (tertiary/aromatic N) is 1. The van der Waals surface area contributed by atoms with Crippen LogP contribution in [0.4, 0.5) is 0 Å². The SMILES string of the molecule is CCOc1ccc(-c2[c-]cc(C)c(=O)n2CC)c(Br)c1.[Y]. The molecule has 2 rings (SSSR count). The summed E-state index contributed by atoms with van der Waals surface area (Å²) in [6, 6.07) is 10.7. The zero-order valence-corrected chi connectivity index (χ0v) is 16.9. The van der Waals surface area contributed by atoms with E-state index in [1.807, 2.05) is 39.0 Å². The van der Waals surface area contributed by atoms with Crippen molar-refractivity contribution in [1.29, 1.82) is 0 Å². The first-order valence-electron chi connectivity index (χ1n) is 6.63. The molecule has 0 saturated carbocycles. The van der Waals surface area contributed by atoms with Crippen LogP contribution < -0.4 is 10.3 Å². The first-order chi connectivity index (χ1) is 9.58. The van der Waals surface area contributed by atoms with Gasteiger partial charge in [0.2, 0.25) is 0 Å². The molecule has 0 saturated heterocycles. The van der Waals surface area contributed by atoms with Crippen molar-refractivity contribution in [2.75, 3.05) is 6.61 Å². The molecule has 5 heteroatoms. The number of pyridine rings is 1. The minimum atomic E-state index is 0. The molecule has 0 N–H and O–H groups in total. The maximum absolute atomic E-state index is 12.2. The molecular formula is C16H17BrNO2Y-. The monoisotopic (exact) mass is 423 g/mol. The molecule has 0 aliphatic rings. The van der Waals surface area contributed by atoms with Crippen LogP contribution >= 0.6 is 15.9 Å². The second-order valence-electron chi connectivity index (χ2n) is 4.44. The maximum atomic E-state index is 12.2. The van der Waals surface area contributed by atoms with Crippen LogP contribution in [-0.2, 0) is 39.3 Å². The molecule has 1 heterocycles. The summed E-state index contributed by atoms with van der Waals surface area (Å²) in [5.74, 6) is 0.806. The van der Waals surface area contributed by atoms with Crippen LogP contribution in [0.3, 0.4) is 0 Å². The quantitative estimate of drug-likeness (QED) is 0.700. The Morgan fingerprint density at radius 1 is 1.33 bits per heavy atom. The van der Waals surface area contributed by atoms with Crippen LogP contribution in [0.2, 0.25) is 0 Å². The summed E-state index contributed by atoms with van der Waals surface area (Å²) >= 11 is 3.54. The summed E-state index contributed by atoms with van der Waals surface area (Å²) in [5, 5.41) is 0. The van der Waals surface area contributed by atoms with Crippen LogP contribution in [0, 0.1) is 13.0 Å². The zero-order chi connectivity index (χ0) is 14.7. The molecule has 0 atom stereocenters. The summed E-state index contributed by atoms with van der Waals surface area (Å²) in [4.78, 5) is 12.2. The van der Waals surface area contributed by atoms with Gasteiger partial charge in [-0.1, -0.05) is 39.7 Å². The van der Waals surface area contributed by atoms with E-state index in [0.29, 0.717) is 18.7 Å². The fourth-order valence-electron chi connectivity index (χ4n) is 2.10. The van der Waals surface area contributed by atoms with Gasteiger partial charge < -0.3 is 9.30 Å². The molecule has 0 spiro atoms. The fourth-order valence-corrected chi connectivity index (χ4v) is 2.65. The van der Waals surface area contributed by atoms with Crippen molar-refractivity contribution in [2.24, 2.45) is 0 Å². The van der Waals surface area contributed by atoms with Crippen LogP contribution in [-0.4, -0.2) is 11.2 Å². The van der Waals surface area contributed by atoms with Crippen molar-refractivity contribution >= 4 is 15.9 Å². The topological polar surface area (TPSA) is 31.2 Å². The van der Waals surface area contributed by atoms with E-state index in [2.05, 4.69) is 22.0 Å². The number of aryl methyl sites for hydroxylation is 1. The molecular weight excluding hydrogens is 407 g/mol. The number of hydrogen-bond donors (Lipinski definition) is 0. The van der Waals surface area contributed by atoms with E-state index in [1.165, 1.54) is 0 Å². The van der Waals surface area contributed by atoms with E-state index >= 15 is 0 Å². The first-order valence-corrected chi connectivity index (χ1v) is 7.42. The van der Waals surface area contributed by atoms with Crippen LogP contribution in [0.1, 0.15) is 19.4 Å². The van der Waals surface area contributed by atoms with E-state index in [-0.39, 0.29) is 38.3 Å². The van der Waals surface area contributed by atoms with Crippen molar-refractivity contribution in [3.63, 3.8) is 0 Å². The minimum absolute atomic E-state index is 0. The Balaban J connectivity index is 0.00000220. The molecule has 1 aromatic heterocycles. The molecule has 1 radical (unpaired) electrons. The van der Waals surface area contributed by atoms with Crippen molar-refractivity contribution < 1.29 is 37.4 Å². The summed E-state index contributed by atoms with van der Waals surface area (Å²) in [5.41, 5.74) is 2.46. The standard InChI is InChI=1S/C16H17BrNO2.Y/c1-4-18-15(9-6-11(3)16(18)19)13-8-7-12(20-5-2)10-14(13)17;/h6-8,10H,4-5H2,1-3H3;/q-1;. The van der Waals surface area contributed by atoms with Gasteiger partial charge in [0.05, 0.1) is 6.61 Å². The second kappa shape index (κ2) is 8.26. The molecule has 21 heavy (non-hydrogen) atoms. The van der Waals surface area contributed by atoms with Gasteiger partial charge >= 0.3 is 0 Å². The predicted molar refractivity (Wildman–Crippen MR) is 84.3 cm³/mol. The Labute approximate surface area is 158 Å².